The number of carbonyl (C=O) groups is 2. The average Bonchev–Trinajstić information content (AvgIpc) is 2.60. The zero-order valence-corrected chi connectivity index (χ0v) is 14.2. The Labute approximate surface area is 153 Å². The molecule has 2 aromatic rings. The first-order chi connectivity index (χ1) is 12.7. The number of benzene rings is 2. The van der Waals surface area contributed by atoms with Crippen LogP contribution in [0.15, 0.2) is 60.7 Å². The van der Waals surface area contributed by atoms with Crippen molar-refractivity contribution in [1.82, 2.24) is 0 Å². The van der Waals surface area contributed by atoms with E-state index in [0.29, 0.717) is 11.3 Å². The van der Waals surface area contributed by atoms with Crippen LogP contribution in [0.4, 0.5) is 18.9 Å². The van der Waals surface area contributed by atoms with Gasteiger partial charge in [-0.15, -0.1) is 13.2 Å². The molecule has 1 amide bonds. The number of alkyl halides is 3. The normalized spacial score (nSPS) is 12.4. The van der Waals surface area contributed by atoms with Crippen molar-refractivity contribution in [3.8, 4) is 5.75 Å². The maximum atomic E-state index is 12.1. The van der Waals surface area contributed by atoms with Crippen molar-refractivity contribution in [2.24, 2.45) is 0 Å². The van der Waals surface area contributed by atoms with Crippen LogP contribution >= 0.6 is 0 Å². The Balaban J connectivity index is 1.86. The minimum absolute atomic E-state index is 0.367. The van der Waals surface area contributed by atoms with Gasteiger partial charge in [0.15, 0.2) is 6.10 Å². The zero-order chi connectivity index (χ0) is 19.9. The number of hydrogen-bond acceptors (Lipinski definition) is 4. The van der Waals surface area contributed by atoms with Crippen molar-refractivity contribution >= 4 is 23.6 Å². The molecule has 0 fully saturated rings. The van der Waals surface area contributed by atoms with Gasteiger partial charge in [0.2, 0.25) is 0 Å². The summed E-state index contributed by atoms with van der Waals surface area (Å²) in [5.41, 5.74) is 1.03. The highest BCUT2D eigenvalue weighted by Crippen LogP contribution is 2.23. The third kappa shape index (κ3) is 7.23. The maximum absolute atomic E-state index is 12.1. The third-order valence-electron chi connectivity index (χ3n) is 3.23. The van der Waals surface area contributed by atoms with Crippen molar-refractivity contribution in [3.63, 3.8) is 0 Å². The highest BCUT2D eigenvalue weighted by atomic mass is 19.4. The van der Waals surface area contributed by atoms with Gasteiger partial charge < -0.3 is 14.8 Å². The van der Waals surface area contributed by atoms with Gasteiger partial charge in [0.1, 0.15) is 5.75 Å². The fraction of sp³-hybridized carbons (Fsp3) is 0.158. The van der Waals surface area contributed by atoms with Gasteiger partial charge in [-0.25, -0.2) is 4.79 Å². The second kappa shape index (κ2) is 8.88. The topological polar surface area (TPSA) is 64.6 Å². The summed E-state index contributed by atoms with van der Waals surface area (Å²) in [5.74, 6) is -1.62. The van der Waals surface area contributed by atoms with Crippen LogP contribution in [0.2, 0.25) is 0 Å². The van der Waals surface area contributed by atoms with Gasteiger partial charge in [-0.05, 0) is 42.8 Å². The number of anilines is 1. The van der Waals surface area contributed by atoms with Gasteiger partial charge in [-0.1, -0.05) is 30.3 Å². The molecule has 0 bridgehead atoms. The molecule has 0 saturated heterocycles. The predicted octanol–water partition coefficient (Wildman–Crippen LogP) is 4.17. The molecule has 0 aliphatic heterocycles. The number of halogens is 3. The fourth-order valence-corrected chi connectivity index (χ4v) is 1.98. The maximum Gasteiger partial charge on any atom is 0.573 e. The Morgan fingerprint density at radius 1 is 1.04 bits per heavy atom. The molecule has 8 heteroatoms. The first-order valence-corrected chi connectivity index (χ1v) is 7.83. The van der Waals surface area contributed by atoms with E-state index in [-0.39, 0.29) is 5.75 Å². The Bertz CT molecular complexity index is 802. The van der Waals surface area contributed by atoms with Gasteiger partial charge in [0.25, 0.3) is 5.91 Å². The van der Waals surface area contributed by atoms with E-state index in [1.165, 1.54) is 25.1 Å². The molecule has 27 heavy (non-hydrogen) atoms. The summed E-state index contributed by atoms with van der Waals surface area (Å²) in [6.45, 7) is 1.42. The lowest BCUT2D eigenvalue weighted by atomic mass is 10.2. The number of esters is 1. The summed E-state index contributed by atoms with van der Waals surface area (Å²) < 4.78 is 45.0. The molecule has 2 rings (SSSR count). The van der Waals surface area contributed by atoms with Crippen molar-refractivity contribution in [1.29, 1.82) is 0 Å². The SMILES string of the molecule is C[C@@H](OC(=O)/C=C/c1ccc(OC(F)(F)F)cc1)C(=O)Nc1ccccc1. The molecule has 1 N–H and O–H groups in total. The lowest BCUT2D eigenvalue weighted by Crippen LogP contribution is -2.29. The zero-order valence-electron chi connectivity index (χ0n) is 14.2. The second-order valence-electron chi connectivity index (χ2n) is 5.38. The van der Waals surface area contributed by atoms with Crippen LogP contribution in [0.1, 0.15) is 12.5 Å². The standard InChI is InChI=1S/C19H16F3NO4/c1-13(18(25)23-15-5-3-2-4-6-15)26-17(24)12-9-14-7-10-16(11-8-14)27-19(20,21)22/h2-13H,1H3,(H,23,25)/b12-9+/t13-/m1/s1. The Morgan fingerprint density at radius 3 is 2.26 bits per heavy atom. The van der Waals surface area contributed by atoms with Crippen LogP contribution in [0.3, 0.4) is 0 Å². The molecule has 2 aromatic carbocycles. The number of hydrogen-bond donors (Lipinski definition) is 1. The van der Waals surface area contributed by atoms with Crippen LogP contribution < -0.4 is 10.1 Å². The number of para-hydroxylation sites is 1. The lowest BCUT2D eigenvalue weighted by molar-refractivity contribution is -0.274. The molecule has 1 atom stereocenters. The molecule has 142 valence electrons. The monoisotopic (exact) mass is 379 g/mol. The average molecular weight is 379 g/mol. The van der Waals surface area contributed by atoms with Gasteiger partial charge in [-0.2, -0.15) is 0 Å². The van der Waals surface area contributed by atoms with Crippen molar-refractivity contribution in [2.75, 3.05) is 5.32 Å². The first kappa shape index (κ1) is 20.0. The number of carbonyl (C=O) groups excluding carboxylic acids is 2. The number of ether oxygens (including phenoxy) is 2. The molecule has 0 unspecified atom stereocenters. The highest BCUT2D eigenvalue weighted by molar-refractivity contribution is 5.96. The number of amides is 1. The van der Waals surface area contributed by atoms with E-state index in [2.05, 4.69) is 10.1 Å². The Morgan fingerprint density at radius 2 is 1.67 bits per heavy atom. The van der Waals surface area contributed by atoms with Gasteiger partial charge in [0.05, 0.1) is 0 Å². The van der Waals surface area contributed by atoms with Gasteiger partial charge in [-0.3, -0.25) is 4.79 Å². The molecule has 0 saturated carbocycles. The van der Waals surface area contributed by atoms with Crippen molar-refractivity contribution in [2.45, 2.75) is 19.4 Å². The smallest absolute Gasteiger partial charge is 0.449 e. The quantitative estimate of drug-likeness (QED) is 0.604. The minimum Gasteiger partial charge on any atom is -0.449 e. The summed E-state index contributed by atoms with van der Waals surface area (Å²) in [5, 5.41) is 2.60. The van der Waals surface area contributed by atoms with E-state index in [0.717, 1.165) is 18.2 Å². The van der Waals surface area contributed by atoms with Crippen molar-refractivity contribution in [3.05, 3.63) is 66.2 Å². The predicted molar refractivity (Wildman–Crippen MR) is 92.8 cm³/mol. The molecule has 5 nitrogen and oxygen atoms in total. The van der Waals surface area contributed by atoms with E-state index >= 15 is 0 Å². The van der Waals surface area contributed by atoms with Crippen LogP contribution in [-0.4, -0.2) is 24.3 Å². The summed E-state index contributed by atoms with van der Waals surface area (Å²) >= 11 is 0. The van der Waals surface area contributed by atoms with Crippen LogP contribution in [0.25, 0.3) is 6.08 Å². The molecule has 0 aliphatic carbocycles. The second-order valence-corrected chi connectivity index (χ2v) is 5.38. The summed E-state index contributed by atoms with van der Waals surface area (Å²) in [6, 6.07) is 13.6. The molecule has 0 spiro atoms. The summed E-state index contributed by atoms with van der Waals surface area (Å²) in [4.78, 5) is 23.7. The van der Waals surface area contributed by atoms with Crippen molar-refractivity contribution < 1.29 is 32.2 Å². The molecule has 0 aromatic heterocycles. The van der Waals surface area contributed by atoms with E-state index in [1.807, 2.05) is 0 Å². The van der Waals surface area contributed by atoms with E-state index in [4.69, 9.17) is 4.74 Å². The highest BCUT2D eigenvalue weighted by Gasteiger charge is 2.30. The van der Waals surface area contributed by atoms with Gasteiger partial charge in [0, 0.05) is 11.8 Å². The summed E-state index contributed by atoms with van der Waals surface area (Å²) in [7, 11) is 0. The molecule has 0 aliphatic rings. The largest absolute Gasteiger partial charge is 0.573 e. The Hall–Kier alpha value is -3.29. The minimum atomic E-state index is -4.77. The van der Waals surface area contributed by atoms with Crippen LogP contribution in [0, 0.1) is 0 Å². The Kier molecular flexibility index (Phi) is 6.59. The number of nitrogens with one attached hydrogen (secondary N) is 1. The van der Waals surface area contributed by atoms with E-state index < -0.39 is 24.3 Å². The number of rotatable bonds is 6. The third-order valence-corrected chi connectivity index (χ3v) is 3.23. The molecular formula is C19H16F3NO4. The molecular weight excluding hydrogens is 363 g/mol. The fourth-order valence-electron chi connectivity index (χ4n) is 1.98. The molecule has 0 heterocycles. The lowest BCUT2D eigenvalue weighted by Gasteiger charge is -2.12. The van der Waals surface area contributed by atoms with Crippen LogP contribution in [0.5, 0.6) is 5.75 Å². The summed E-state index contributed by atoms with van der Waals surface area (Å²) in [6.07, 6.45) is -3.37. The molecule has 0 radical (unpaired) electrons. The van der Waals surface area contributed by atoms with E-state index in [9.17, 15) is 22.8 Å². The van der Waals surface area contributed by atoms with E-state index in [1.54, 1.807) is 30.3 Å². The first-order valence-electron chi connectivity index (χ1n) is 7.83. The van der Waals surface area contributed by atoms with Gasteiger partial charge >= 0.3 is 12.3 Å². The van der Waals surface area contributed by atoms with Crippen LogP contribution in [-0.2, 0) is 14.3 Å².